The largest absolute Gasteiger partial charge is 0.453 e. The van der Waals surface area contributed by atoms with Crippen molar-refractivity contribution >= 4 is 17.9 Å². The van der Waals surface area contributed by atoms with Crippen molar-refractivity contribution in [3.05, 3.63) is 60.4 Å². The molecule has 2 aromatic heterocycles. The molecule has 2 aromatic carbocycles. The standard InChI is InChI=1S/C38H41N7O6/c1-49-38(48)43-34(22-8-9-22)37(47)45-15-3-5-28(45)36-40-20-26(42-36)24-11-13-30-32(18-24)51-31-17-23(10-12-29(31)50-30)25-19-39-35(41-25)27-4-2-14-44(27)33(46)16-21-6-7-21/h10-13,17-22,27-28,34H,2-9,14-16H2,1H3,(H,39,41)(H,40,42)(H,43,48)/t27-,28-,34-/m0/s1. The summed E-state index contributed by atoms with van der Waals surface area (Å²) >= 11 is 0. The van der Waals surface area contributed by atoms with Crippen molar-refractivity contribution in [3.63, 3.8) is 0 Å². The first-order chi connectivity index (χ1) is 24.9. The zero-order valence-corrected chi connectivity index (χ0v) is 28.5. The van der Waals surface area contributed by atoms with Crippen LogP contribution in [0.4, 0.5) is 4.79 Å². The van der Waals surface area contributed by atoms with Gasteiger partial charge >= 0.3 is 6.09 Å². The number of fused-ring (bicyclic) bond motifs is 2. The molecule has 0 radical (unpaired) electrons. The van der Waals surface area contributed by atoms with E-state index in [1.165, 1.54) is 7.11 Å². The van der Waals surface area contributed by atoms with E-state index in [-0.39, 0.29) is 29.8 Å². The molecule has 3 aliphatic heterocycles. The van der Waals surface area contributed by atoms with Crippen LogP contribution >= 0.6 is 0 Å². The van der Waals surface area contributed by atoms with Crippen LogP contribution in [-0.2, 0) is 14.3 Å². The molecule has 5 aliphatic rings. The van der Waals surface area contributed by atoms with Gasteiger partial charge in [0.2, 0.25) is 11.8 Å². The number of nitrogens with zero attached hydrogens (tertiary/aromatic N) is 4. The summed E-state index contributed by atoms with van der Waals surface area (Å²) < 4.78 is 17.4. The molecule has 5 heterocycles. The van der Waals surface area contributed by atoms with Crippen LogP contribution < -0.4 is 14.8 Å². The number of imidazole rings is 2. The van der Waals surface area contributed by atoms with Crippen molar-refractivity contribution in [2.24, 2.45) is 11.8 Å². The summed E-state index contributed by atoms with van der Waals surface area (Å²) in [5.41, 5.74) is 3.42. The number of hydrogen-bond donors (Lipinski definition) is 3. The van der Waals surface area contributed by atoms with E-state index in [4.69, 9.17) is 24.2 Å². The number of benzene rings is 2. The van der Waals surface area contributed by atoms with E-state index in [1.54, 1.807) is 6.20 Å². The minimum Gasteiger partial charge on any atom is -0.453 e. The number of rotatable bonds is 9. The molecule has 3 amide bonds. The molecule has 2 saturated carbocycles. The molecular formula is C38H41N7O6. The molecule has 4 aromatic rings. The van der Waals surface area contributed by atoms with Crippen molar-refractivity contribution in [1.82, 2.24) is 35.1 Å². The third kappa shape index (κ3) is 6.19. The van der Waals surface area contributed by atoms with Gasteiger partial charge < -0.3 is 39.3 Å². The predicted octanol–water partition coefficient (Wildman–Crippen LogP) is 6.63. The highest BCUT2D eigenvalue weighted by molar-refractivity contribution is 5.87. The second-order valence-corrected chi connectivity index (χ2v) is 14.4. The minimum absolute atomic E-state index is 0.0176. The number of amides is 3. The molecule has 3 N–H and O–H groups in total. The second kappa shape index (κ2) is 12.8. The molecule has 13 heteroatoms. The maximum absolute atomic E-state index is 13.6. The number of likely N-dealkylation sites (tertiary alicyclic amines) is 2. The Morgan fingerprint density at radius 2 is 1.37 bits per heavy atom. The summed E-state index contributed by atoms with van der Waals surface area (Å²) in [6.07, 6.45) is 11.3. The highest BCUT2D eigenvalue weighted by Crippen LogP contribution is 2.48. The van der Waals surface area contributed by atoms with Crippen molar-refractivity contribution in [3.8, 4) is 45.5 Å². The number of methoxy groups -OCH3 is 1. The molecule has 51 heavy (non-hydrogen) atoms. The van der Waals surface area contributed by atoms with Gasteiger partial charge in [0.25, 0.3) is 0 Å². The lowest BCUT2D eigenvalue weighted by molar-refractivity contribution is -0.135. The fourth-order valence-corrected chi connectivity index (χ4v) is 7.75. The van der Waals surface area contributed by atoms with Crippen LogP contribution in [-0.4, -0.2) is 73.9 Å². The van der Waals surface area contributed by atoms with Gasteiger partial charge in [-0.3, -0.25) is 9.59 Å². The van der Waals surface area contributed by atoms with Crippen LogP contribution in [0.25, 0.3) is 22.5 Å². The topological polar surface area (TPSA) is 155 Å². The third-order valence-corrected chi connectivity index (χ3v) is 10.9. The molecule has 0 bridgehead atoms. The van der Waals surface area contributed by atoms with Crippen molar-refractivity contribution in [1.29, 1.82) is 0 Å². The Bertz CT molecular complexity index is 2000. The van der Waals surface area contributed by atoms with Gasteiger partial charge in [0.1, 0.15) is 17.7 Å². The summed E-state index contributed by atoms with van der Waals surface area (Å²) in [4.78, 5) is 58.7. The Kier molecular flexibility index (Phi) is 7.92. The highest BCUT2D eigenvalue weighted by atomic mass is 16.6. The molecule has 9 rings (SSSR count). The first-order valence-electron chi connectivity index (χ1n) is 18.1. The molecule has 4 fully saturated rings. The van der Waals surface area contributed by atoms with Crippen LogP contribution in [0.15, 0.2) is 48.8 Å². The van der Waals surface area contributed by atoms with Gasteiger partial charge in [-0.15, -0.1) is 0 Å². The smallest absolute Gasteiger partial charge is 0.407 e. The first-order valence-corrected chi connectivity index (χ1v) is 18.1. The van der Waals surface area contributed by atoms with E-state index in [2.05, 4.69) is 15.3 Å². The van der Waals surface area contributed by atoms with Gasteiger partial charge in [-0.05, 0) is 99.6 Å². The highest BCUT2D eigenvalue weighted by Gasteiger charge is 2.43. The van der Waals surface area contributed by atoms with Gasteiger partial charge in [0.15, 0.2) is 23.0 Å². The molecule has 3 atom stereocenters. The summed E-state index contributed by atoms with van der Waals surface area (Å²) in [6, 6.07) is 10.8. The SMILES string of the molecule is COC(=O)N[C@H](C(=O)N1CCC[C@H]1c1ncc(-c2ccc3c(c2)Oc2cc(-c4cnc([C@@H]5CCCN5C(=O)CC5CC5)[nH]4)ccc2O3)[nH]1)C1CC1. The number of aromatic amines is 2. The number of carbonyl (C=O) groups excluding carboxylic acids is 3. The van der Waals surface area contributed by atoms with Crippen LogP contribution in [0.5, 0.6) is 23.0 Å². The number of aromatic nitrogens is 4. The van der Waals surface area contributed by atoms with Gasteiger partial charge in [0.05, 0.1) is 43.0 Å². The molecule has 264 valence electrons. The molecule has 0 unspecified atom stereocenters. The monoisotopic (exact) mass is 691 g/mol. The molecular weight excluding hydrogens is 650 g/mol. The maximum atomic E-state index is 13.6. The van der Waals surface area contributed by atoms with E-state index >= 15 is 0 Å². The summed E-state index contributed by atoms with van der Waals surface area (Å²) in [5.74, 6) is 4.77. The summed E-state index contributed by atoms with van der Waals surface area (Å²) in [7, 11) is 1.31. The Morgan fingerprint density at radius 1 is 0.804 bits per heavy atom. The number of H-pyrrole nitrogens is 2. The Morgan fingerprint density at radius 3 is 1.94 bits per heavy atom. The van der Waals surface area contributed by atoms with Gasteiger partial charge in [0, 0.05) is 30.6 Å². The third-order valence-electron chi connectivity index (χ3n) is 10.9. The molecule has 0 spiro atoms. The van der Waals surface area contributed by atoms with E-state index in [0.717, 1.165) is 86.3 Å². The average Bonchev–Trinajstić information content (AvgIpc) is 3.82. The van der Waals surface area contributed by atoms with Crippen LogP contribution in [0.1, 0.15) is 81.5 Å². The quantitative estimate of drug-likeness (QED) is 0.156. The zero-order chi connectivity index (χ0) is 34.6. The van der Waals surface area contributed by atoms with E-state index < -0.39 is 12.1 Å². The van der Waals surface area contributed by atoms with Gasteiger partial charge in [-0.2, -0.15) is 0 Å². The number of alkyl carbamates (subject to hydrolysis) is 1. The maximum Gasteiger partial charge on any atom is 0.407 e. The number of nitrogens with one attached hydrogen (secondary N) is 3. The fraction of sp³-hybridized carbons (Fsp3) is 0.447. The van der Waals surface area contributed by atoms with Gasteiger partial charge in [-0.25, -0.2) is 14.8 Å². The zero-order valence-electron chi connectivity index (χ0n) is 28.5. The fourth-order valence-electron chi connectivity index (χ4n) is 7.75. The van der Waals surface area contributed by atoms with Gasteiger partial charge in [-0.1, -0.05) is 0 Å². The minimum atomic E-state index is -0.590. The van der Waals surface area contributed by atoms with Crippen molar-refractivity contribution in [2.75, 3.05) is 20.2 Å². The van der Waals surface area contributed by atoms with Crippen LogP contribution in [0, 0.1) is 11.8 Å². The lowest BCUT2D eigenvalue weighted by Crippen LogP contribution is -2.49. The van der Waals surface area contributed by atoms with E-state index in [9.17, 15) is 14.4 Å². The number of ether oxygens (including phenoxy) is 3. The molecule has 2 saturated heterocycles. The Hall–Kier alpha value is -5.33. The van der Waals surface area contributed by atoms with E-state index in [1.807, 2.05) is 52.4 Å². The van der Waals surface area contributed by atoms with Crippen molar-refractivity contribution in [2.45, 2.75) is 75.9 Å². The Labute approximate surface area is 295 Å². The first kappa shape index (κ1) is 31.6. The van der Waals surface area contributed by atoms with E-state index in [0.29, 0.717) is 47.7 Å². The summed E-state index contributed by atoms with van der Waals surface area (Å²) in [5, 5.41) is 2.76. The average molecular weight is 692 g/mol. The number of carbonyl (C=O) groups is 3. The summed E-state index contributed by atoms with van der Waals surface area (Å²) in [6.45, 7) is 1.39. The molecule has 2 aliphatic carbocycles. The van der Waals surface area contributed by atoms with Crippen LogP contribution in [0.2, 0.25) is 0 Å². The van der Waals surface area contributed by atoms with Crippen LogP contribution in [0.3, 0.4) is 0 Å². The Balaban J connectivity index is 0.901. The lowest BCUT2D eigenvalue weighted by Gasteiger charge is -2.28. The lowest BCUT2D eigenvalue weighted by atomic mass is 10.1. The predicted molar refractivity (Wildman–Crippen MR) is 185 cm³/mol. The molecule has 13 nitrogen and oxygen atoms in total. The van der Waals surface area contributed by atoms with Crippen molar-refractivity contribution < 1.29 is 28.6 Å². The number of hydrogen-bond acceptors (Lipinski definition) is 8. The normalized spacial score (nSPS) is 21.4. The second-order valence-electron chi connectivity index (χ2n) is 14.4.